The average Bonchev–Trinajstić information content (AvgIpc) is 3.46. The predicted octanol–water partition coefficient (Wildman–Crippen LogP) is 5.38. The number of alkyl carbamates (subject to hydrolysis) is 1. The molecule has 4 rings (SSSR count). The van der Waals surface area contributed by atoms with Crippen molar-refractivity contribution < 1.29 is 31.7 Å². The van der Waals surface area contributed by atoms with Gasteiger partial charge in [-0.1, -0.05) is 34.8 Å². The number of allylic oxidation sites excluding steroid dienone is 1. The number of likely N-dealkylation sites (tertiary alicyclic amines) is 1. The molecule has 43 heavy (non-hydrogen) atoms. The fourth-order valence-electron chi connectivity index (χ4n) is 5.33. The summed E-state index contributed by atoms with van der Waals surface area (Å²) in [6, 6.07) is 4.29. The maximum absolute atomic E-state index is 13.9. The number of amides is 3. The second-order valence-electron chi connectivity index (χ2n) is 11.1. The number of nitrogens with one attached hydrogen (secondary N) is 2. The molecular formula is C31H44BrN3O7S. The molecule has 0 aromatic heterocycles. The van der Waals surface area contributed by atoms with E-state index in [1.807, 2.05) is 6.08 Å². The smallest absolute Gasteiger partial charge is 0.408 e. The number of rotatable bonds is 14. The Morgan fingerprint density at radius 3 is 2.33 bits per heavy atom. The molecule has 3 fully saturated rings. The summed E-state index contributed by atoms with van der Waals surface area (Å²) in [4.78, 5) is 41.2. The summed E-state index contributed by atoms with van der Waals surface area (Å²) in [7, 11) is -4.13. The molecule has 0 spiro atoms. The van der Waals surface area contributed by atoms with Crippen molar-refractivity contribution in [3.05, 3.63) is 54.6 Å². The lowest BCUT2D eigenvalue weighted by Gasteiger charge is -2.29. The van der Waals surface area contributed by atoms with Crippen molar-refractivity contribution in [3.8, 4) is 0 Å². The summed E-state index contributed by atoms with van der Waals surface area (Å²) >= 11 is 3.29. The van der Waals surface area contributed by atoms with Crippen LogP contribution in [0.15, 0.2) is 59.4 Å². The average molecular weight is 683 g/mol. The molecule has 0 radical (unpaired) electrons. The highest BCUT2D eigenvalue weighted by Gasteiger charge is 2.45. The van der Waals surface area contributed by atoms with Crippen molar-refractivity contribution >= 4 is 44.0 Å². The van der Waals surface area contributed by atoms with Crippen LogP contribution in [0.2, 0.25) is 0 Å². The molecule has 2 N–H and O–H groups in total. The lowest BCUT2D eigenvalue weighted by atomic mass is 10.1. The lowest BCUT2D eigenvalue weighted by Crippen LogP contribution is -2.54. The van der Waals surface area contributed by atoms with Gasteiger partial charge in [0.15, 0.2) is 0 Å². The molecule has 1 aromatic carbocycles. The maximum Gasteiger partial charge on any atom is 0.408 e. The molecule has 3 atom stereocenters. The highest BCUT2D eigenvalue weighted by molar-refractivity contribution is 9.10. The molecule has 3 aliphatic rings. The summed E-state index contributed by atoms with van der Waals surface area (Å²) in [6.45, 7) is 9.64. The molecule has 12 heteroatoms. The Morgan fingerprint density at radius 1 is 1.02 bits per heavy atom. The van der Waals surface area contributed by atoms with E-state index in [1.165, 1.54) is 17.0 Å². The topological polar surface area (TPSA) is 131 Å². The fraction of sp³-hybridized carbons (Fsp3) is 0.581. The van der Waals surface area contributed by atoms with Gasteiger partial charge < -0.3 is 20.3 Å². The van der Waals surface area contributed by atoms with Crippen LogP contribution in [0.4, 0.5) is 4.79 Å². The Kier molecular flexibility index (Phi) is 13.7. The summed E-state index contributed by atoms with van der Waals surface area (Å²) in [5, 5.41) is 5.68. The van der Waals surface area contributed by atoms with Gasteiger partial charge in [-0.15, -0.1) is 19.7 Å². The first-order valence-electron chi connectivity index (χ1n) is 15.0. The van der Waals surface area contributed by atoms with Crippen molar-refractivity contribution in [1.29, 1.82) is 0 Å². The van der Waals surface area contributed by atoms with Crippen molar-refractivity contribution in [2.75, 3.05) is 6.54 Å². The van der Waals surface area contributed by atoms with E-state index in [9.17, 15) is 22.8 Å². The van der Waals surface area contributed by atoms with E-state index in [-0.39, 0.29) is 35.9 Å². The van der Waals surface area contributed by atoms with Crippen LogP contribution < -0.4 is 10.6 Å². The number of halogens is 1. The SMILES string of the molecule is C=C.C=CCCCCCC(NC(=O)OC1CCCC1)C(=O)N1CC(OS(=O)(=O)c2ccc(Br)cc2)C[C@H]1C(=O)NC1CC1. The molecule has 3 amide bonds. The lowest BCUT2D eigenvalue weighted by molar-refractivity contribution is -0.140. The summed E-state index contributed by atoms with van der Waals surface area (Å²) in [5.74, 6) is -0.786. The first-order valence-corrected chi connectivity index (χ1v) is 17.2. The van der Waals surface area contributed by atoms with E-state index in [0.717, 1.165) is 62.3 Å². The normalized spacial score (nSPS) is 20.9. The van der Waals surface area contributed by atoms with Crippen molar-refractivity contribution in [1.82, 2.24) is 15.5 Å². The molecule has 10 nitrogen and oxygen atoms in total. The predicted molar refractivity (Wildman–Crippen MR) is 168 cm³/mol. The van der Waals surface area contributed by atoms with E-state index in [1.54, 1.807) is 12.1 Å². The van der Waals surface area contributed by atoms with Crippen LogP contribution >= 0.6 is 15.9 Å². The van der Waals surface area contributed by atoms with E-state index < -0.39 is 40.3 Å². The maximum atomic E-state index is 13.9. The van der Waals surface area contributed by atoms with Gasteiger partial charge in [0.05, 0.1) is 11.0 Å². The highest BCUT2D eigenvalue weighted by atomic mass is 79.9. The molecule has 1 aliphatic heterocycles. The van der Waals surface area contributed by atoms with Crippen LogP contribution in [-0.4, -0.2) is 68.1 Å². The zero-order valence-corrected chi connectivity index (χ0v) is 27.1. The van der Waals surface area contributed by atoms with Gasteiger partial charge in [-0.25, -0.2) is 4.79 Å². The molecule has 1 aromatic rings. The summed E-state index contributed by atoms with van der Waals surface area (Å²) in [5.41, 5.74) is 0. The number of unbranched alkanes of at least 4 members (excludes halogenated alkanes) is 3. The first kappa shape index (κ1) is 34.8. The minimum atomic E-state index is -4.13. The zero-order valence-electron chi connectivity index (χ0n) is 24.7. The number of ether oxygens (including phenoxy) is 1. The number of carbonyl (C=O) groups is 3. The molecule has 238 valence electrons. The second-order valence-corrected chi connectivity index (χ2v) is 13.6. The molecule has 2 saturated carbocycles. The Labute approximate surface area is 263 Å². The monoisotopic (exact) mass is 681 g/mol. The molecule has 0 bridgehead atoms. The van der Waals surface area contributed by atoms with Crippen molar-refractivity contribution in [2.45, 2.75) is 112 Å². The minimum absolute atomic E-state index is 0.0156. The third-order valence-electron chi connectivity index (χ3n) is 7.70. The third-order valence-corrected chi connectivity index (χ3v) is 9.61. The van der Waals surface area contributed by atoms with Gasteiger partial charge >= 0.3 is 6.09 Å². The number of hydrogen-bond acceptors (Lipinski definition) is 7. The quantitative estimate of drug-likeness (QED) is 0.153. The van der Waals surface area contributed by atoms with Gasteiger partial charge in [-0.05, 0) is 82.1 Å². The van der Waals surface area contributed by atoms with E-state index >= 15 is 0 Å². The number of hydrogen-bond donors (Lipinski definition) is 2. The van der Waals surface area contributed by atoms with Crippen molar-refractivity contribution in [3.63, 3.8) is 0 Å². The number of carbonyl (C=O) groups excluding carboxylic acids is 3. The second kappa shape index (κ2) is 17.0. The van der Waals surface area contributed by atoms with Gasteiger partial charge in [-0.2, -0.15) is 8.42 Å². The van der Waals surface area contributed by atoms with E-state index in [2.05, 4.69) is 46.3 Å². The Hall–Kier alpha value is -2.70. The highest BCUT2D eigenvalue weighted by Crippen LogP contribution is 2.28. The first-order chi connectivity index (χ1) is 20.7. The van der Waals surface area contributed by atoms with Gasteiger partial charge in [0.1, 0.15) is 18.2 Å². The Bertz CT molecular complexity index is 1200. The molecule has 1 heterocycles. The van der Waals surface area contributed by atoms with Gasteiger partial charge in [0.25, 0.3) is 10.1 Å². The fourth-order valence-corrected chi connectivity index (χ4v) is 6.67. The van der Waals surface area contributed by atoms with Crippen LogP contribution in [0, 0.1) is 0 Å². The van der Waals surface area contributed by atoms with Crippen LogP contribution in [0.3, 0.4) is 0 Å². The number of benzene rings is 1. The van der Waals surface area contributed by atoms with E-state index in [4.69, 9.17) is 8.92 Å². The third kappa shape index (κ3) is 10.8. The van der Waals surface area contributed by atoms with Crippen LogP contribution in [0.25, 0.3) is 0 Å². The Balaban J connectivity index is 0.00000248. The standard InChI is InChI=1S/C29H40BrN3O7S.C2H4/c1-2-3-4-5-6-11-25(32-29(36)39-22-9-7-8-10-22)28(35)33-19-23(18-26(33)27(34)31-21-14-15-21)40-41(37,38)24-16-12-20(30)13-17-24;1-2/h2,12-13,16-17,21-23,25-26H,1,3-11,14-15,18-19H2,(H,31,34)(H,32,36);1-2H2/t23?,25?,26-;/m0./s1. The molecule has 2 unspecified atom stereocenters. The van der Waals surface area contributed by atoms with Gasteiger partial charge in [0.2, 0.25) is 11.8 Å². The van der Waals surface area contributed by atoms with Crippen LogP contribution in [0.1, 0.15) is 77.0 Å². The zero-order chi connectivity index (χ0) is 31.4. The molecule has 2 aliphatic carbocycles. The largest absolute Gasteiger partial charge is 0.446 e. The summed E-state index contributed by atoms with van der Waals surface area (Å²) in [6.07, 6.45) is 9.14. The van der Waals surface area contributed by atoms with Crippen LogP contribution in [-0.2, 0) is 28.6 Å². The molecule has 1 saturated heterocycles. The van der Waals surface area contributed by atoms with E-state index in [0.29, 0.717) is 12.8 Å². The number of nitrogens with zero attached hydrogens (tertiary/aromatic N) is 1. The van der Waals surface area contributed by atoms with Crippen molar-refractivity contribution in [2.24, 2.45) is 0 Å². The molecular weight excluding hydrogens is 638 g/mol. The van der Waals surface area contributed by atoms with Gasteiger partial charge in [-0.3, -0.25) is 13.8 Å². The Morgan fingerprint density at radius 2 is 1.70 bits per heavy atom. The van der Waals surface area contributed by atoms with Gasteiger partial charge in [0, 0.05) is 23.5 Å². The van der Waals surface area contributed by atoms with Crippen LogP contribution in [0.5, 0.6) is 0 Å². The minimum Gasteiger partial charge on any atom is -0.446 e. The summed E-state index contributed by atoms with van der Waals surface area (Å²) < 4.78 is 37.8.